The lowest BCUT2D eigenvalue weighted by molar-refractivity contribution is 0.156. The van der Waals surface area contributed by atoms with E-state index in [0.717, 1.165) is 19.0 Å². The van der Waals surface area contributed by atoms with E-state index in [2.05, 4.69) is 52.1 Å². The second kappa shape index (κ2) is 6.32. The lowest BCUT2D eigenvalue weighted by Crippen LogP contribution is -2.45. The SMILES string of the molecule is CC(C)C[C@H](c1ccc(Br)s1)N1CCNCC1. The van der Waals surface area contributed by atoms with Gasteiger partial charge in [0.2, 0.25) is 0 Å². The van der Waals surface area contributed by atoms with E-state index in [0.29, 0.717) is 6.04 Å². The van der Waals surface area contributed by atoms with Gasteiger partial charge in [0.25, 0.3) is 0 Å². The zero-order valence-electron chi connectivity index (χ0n) is 10.6. The maximum Gasteiger partial charge on any atom is 0.0701 e. The van der Waals surface area contributed by atoms with Crippen molar-refractivity contribution >= 4 is 27.3 Å². The minimum absolute atomic E-state index is 0.605. The fraction of sp³-hybridized carbons (Fsp3) is 0.692. The molecule has 0 aliphatic carbocycles. The lowest BCUT2D eigenvalue weighted by Gasteiger charge is -2.35. The normalized spacial score (nSPS) is 19.8. The number of hydrogen-bond donors (Lipinski definition) is 1. The summed E-state index contributed by atoms with van der Waals surface area (Å²) < 4.78 is 1.25. The number of piperazine rings is 1. The molecule has 1 aliphatic heterocycles. The topological polar surface area (TPSA) is 15.3 Å². The molecule has 1 saturated heterocycles. The Morgan fingerprint density at radius 2 is 2.06 bits per heavy atom. The highest BCUT2D eigenvalue weighted by atomic mass is 79.9. The minimum atomic E-state index is 0.605. The van der Waals surface area contributed by atoms with Gasteiger partial charge in [-0.25, -0.2) is 0 Å². The van der Waals surface area contributed by atoms with Crippen LogP contribution in [0.15, 0.2) is 15.9 Å². The van der Waals surface area contributed by atoms with Crippen LogP contribution < -0.4 is 5.32 Å². The molecule has 2 rings (SSSR count). The van der Waals surface area contributed by atoms with Crippen molar-refractivity contribution in [1.82, 2.24) is 10.2 Å². The van der Waals surface area contributed by atoms with E-state index < -0.39 is 0 Å². The summed E-state index contributed by atoms with van der Waals surface area (Å²) in [6.07, 6.45) is 1.26. The predicted octanol–water partition coefficient (Wildman–Crippen LogP) is 3.50. The summed E-state index contributed by atoms with van der Waals surface area (Å²) >= 11 is 5.46. The van der Waals surface area contributed by atoms with Crippen molar-refractivity contribution in [3.63, 3.8) is 0 Å². The maximum atomic E-state index is 3.58. The van der Waals surface area contributed by atoms with E-state index in [-0.39, 0.29) is 0 Å². The molecule has 0 unspecified atom stereocenters. The Labute approximate surface area is 117 Å². The molecule has 1 N–H and O–H groups in total. The highest BCUT2D eigenvalue weighted by Gasteiger charge is 2.24. The van der Waals surface area contributed by atoms with Gasteiger partial charge in [0, 0.05) is 37.1 Å². The van der Waals surface area contributed by atoms with E-state index in [1.165, 1.54) is 28.2 Å². The summed E-state index contributed by atoms with van der Waals surface area (Å²) in [6.45, 7) is 9.23. The number of nitrogens with one attached hydrogen (secondary N) is 1. The van der Waals surface area contributed by atoms with Crippen LogP contribution in [-0.4, -0.2) is 31.1 Å². The lowest BCUT2D eigenvalue weighted by atomic mass is 10.0. The van der Waals surface area contributed by atoms with Crippen molar-refractivity contribution in [2.45, 2.75) is 26.3 Å². The first-order chi connectivity index (χ1) is 8.16. The van der Waals surface area contributed by atoms with E-state index in [9.17, 15) is 0 Å². The molecule has 96 valence electrons. The molecular weight excluding hydrogens is 296 g/mol. The van der Waals surface area contributed by atoms with Gasteiger partial charge in [-0.05, 0) is 40.4 Å². The van der Waals surface area contributed by atoms with Gasteiger partial charge in [-0.1, -0.05) is 13.8 Å². The predicted molar refractivity (Wildman–Crippen MR) is 78.7 cm³/mol. The smallest absolute Gasteiger partial charge is 0.0701 e. The number of hydrogen-bond acceptors (Lipinski definition) is 3. The molecule has 4 heteroatoms. The Bertz CT molecular complexity index is 345. The first-order valence-corrected chi connectivity index (χ1v) is 7.98. The molecule has 0 spiro atoms. The van der Waals surface area contributed by atoms with E-state index in [1.807, 2.05) is 11.3 Å². The molecule has 1 aromatic rings. The van der Waals surface area contributed by atoms with Crippen molar-refractivity contribution in [3.05, 3.63) is 20.8 Å². The Kier molecular flexibility index (Phi) is 5.03. The highest BCUT2D eigenvalue weighted by Crippen LogP contribution is 2.34. The minimum Gasteiger partial charge on any atom is -0.314 e. The Hall–Kier alpha value is 0.1000. The summed E-state index contributed by atoms with van der Waals surface area (Å²) in [5, 5.41) is 3.43. The van der Waals surface area contributed by atoms with Crippen LogP contribution in [0, 0.1) is 5.92 Å². The van der Waals surface area contributed by atoms with Crippen molar-refractivity contribution in [2.75, 3.05) is 26.2 Å². The molecule has 2 heterocycles. The maximum absolute atomic E-state index is 3.58. The third kappa shape index (κ3) is 3.78. The van der Waals surface area contributed by atoms with Crippen LogP contribution in [0.1, 0.15) is 31.2 Å². The van der Waals surface area contributed by atoms with Crippen LogP contribution in [0.3, 0.4) is 0 Å². The van der Waals surface area contributed by atoms with E-state index >= 15 is 0 Å². The van der Waals surface area contributed by atoms with Gasteiger partial charge in [0.05, 0.1) is 3.79 Å². The summed E-state index contributed by atoms with van der Waals surface area (Å²) in [5.74, 6) is 0.746. The molecule has 0 saturated carbocycles. The fourth-order valence-corrected chi connectivity index (χ4v) is 3.96. The number of rotatable bonds is 4. The number of nitrogens with zero attached hydrogens (tertiary/aromatic N) is 1. The van der Waals surface area contributed by atoms with E-state index in [1.54, 1.807) is 0 Å². The van der Waals surface area contributed by atoms with Gasteiger partial charge in [0.1, 0.15) is 0 Å². The average Bonchev–Trinajstić information content (AvgIpc) is 2.73. The van der Waals surface area contributed by atoms with Gasteiger partial charge in [-0.15, -0.1) is 11.3 Å². The van der Waals surface area contributed by atoms with Crippen molar-refractivity contribution < 1.29 is 0 Å². The van der Waals surface area contributed by atoms with Crippen LogP contribution in [0.5, 0.6) is 0 Å². The molecule has 1 aliphatic rings. The summed E-state index contributed by atoms with van der Waals surface area (Å²) in [4.78, 5) is 4.14. The van der Waals surface area contributed by atoms with Crippen LogP contribution in [0.25, 0.3) is 0 Å². The Balaban J connectivity index is 2.11. The number of thiophene rings is 1. The third-order valence-corrected chi connectivity index (χ3v) is 4.93. The number of halogens is 1. The van der Waals surface area contributed by atoms with Crippen molar-refractivity contribution in [1.29, 1.82) is 0 Å². The van der Waals surface area contributed by atoms with Gasteiger partial charge < -0.3 is 5.32 Å². The second-order valence-electron chi connectivity index (χ2n) is 5.07. The molecule has 2 nitrogen and oxygen atoms in total. The Morgan fingerprint density at radius 1 is 1.35 bits per heavy atom. The molecule has 0 radical (unpaired) electrons. The first-order valence-electron chi connectivity index (χ1n) is 6.37. The monoisotopic (exact) mass is 316 g/mol. The van der Waals surface area contributed by atoms with Crippen LogP contribution in [0.2, 0.25) is 0 Å². The summed E-state index contributed by atoms with van der Waals surface area (Å²) in [7, 11) is 0. The van der Waals surface area contributed by atoms with Crippen molar-refractivity contribution in [2.24, 2.45) is 5.92 Å². The van der Waals surface area contributed by atoms with Gasteiger partial charge in [0.15, 0.2) is 0 Å². The fourth-order valence-electron chi connectivity index (χ4n) is 2.39. The summed E-state index contributed by atoms with van der Waals surface area (Å²) in [6, 6.07) is 5.06. The zero-order valence-corrected chi connectivity index (χ0v) is 13.0. The van der Waals surface area contributed by atoms with Crippen LogP contribution in [-0.2, 0) is 0 Å². The zero-order chi connectivity index (χ0) is 12.3. The quantitative estimate of drug-likeness (QED) is 0.914. The third-order valence-electron chi connectivity index (χ3n) is 3.21. The molecular formula is C13H21BrN2S. The average molecular weight is 317 g/mol. The highest BCUT2D eigenvalue weighted by molar-refractivity contribution is 9.11. The second-order valence-corrected chi connectivity index (χ2v) is 7.57. The molecule has 17 heavy (non-hydrogen) atoms. The van der Waals surface area contributed by atoms with Gasteiger partial charge >= 0.3 is 0 Å². The van der Waals surface area contributed by atoms with Crippen LogP contribution in [0.4, 0.5) is 0 Å². The standard InChI is InChI=1S/C13H21BrN2S/c1-10(2)9-11(12-3-4-13(14)17-12)16-7-5-15-6-8-16/h3-4,10-11,15H,5-9H2,1-2H3/t11-/m1/s1. The summed E-state index contributed by atoms with van der Waals surface area (Å²) in [5.41, 5.74) is 0. The first kappa shape index (κ1) is 13.5. The molecule has 0 bridgehead atoms. The Morgan fingerprint density at radius 3 is 2.59 bits per heavy atom. The molecule has 1 atom stereocenters. The van der Waals surface area contributed by atoms with Gasteiger partial charge in [-0.3, -0.25) is 4.90 Å². The van der Waals surface area contributed by atoms with Crippen LogP contribution >= 0.6 is 27.3 Å². The van der Waals surface area contributed by atoms with Crippen molar-refractivity contribution in [3.8, 4) is 0 Å². The molecule has 0 amide bonds. The molecule has 0 aromatic carbocycles. The molecule has 1 fully saturated rings. The van der Waals surface area contributed by atoms with Gasteiger partial charge in [-0.2, -0.15) is 0 Å². The largest absolute Gasteiger partial charge is 0.314 e. The van der Waals surface area contributed by atoms with E-state index in [4.69, 9.17) is 0 Å². The molecule has 1 aromatic heterocycles.